The molecule has 140 valence electrons. The standard InChI is InChI=1S/C14H28O2.C5H14N2/c1-2-3-4-5-6-7-8-9-10-11-12-13-14(15)16;1-5(2,7)3-4-6/h2-13H2,1H3,(H,15,16);3-4,6-7H2,1-2H3. The van der Waals surface area contributed by atoms with E-state index in [0.29, 0.717) is 13.0 Å². The van der Waals surface area contributed by atoms with E-state index in [9.17, 15) is 4.79 Å². The van der Waals surface area contributed by atoms with E-state index in [0.717, 1.165) is 19.3 Å². The molecule has 0 spiro atoms. The van der Waals surface area contributed by atoms with Gasteiger partial charge in [0, 0.05) is 12.0 Å². The first-order valence-electron chi connectivity index (χ1n) is 9.54. The van der Waals surface area contributed by atoms with Crippen molar-refractivity contribution in [3.8, 4) is 0 Å². The van der Waals surface area contributed by atoms with E-state index in [1.165, 1.54) is 57.8 Å². The molecule has 0 aromatic rings. The molecular formula is C19H42N2O2. The summed E-state index contributed by atoms with van der Waals surface area (Å²) in [7, 11) is 0. The van der Waals surface area contributed by atoms with Gasteiger partial charge in [-0.15, -0.1) is 0 Å². The number of unbranched alkanes of at least 4 members (excludes halogenated alkanes) is 10. The lowest BCUT2D eigenvalue weighted by molar-refractivity contribution is -0.137. The highest BCUT2D eigenvalue weighted by molar-refractivity contribution is 5.66. The Morgan fingerprint density at radius 3 is 1.52 bits per heavy atom. The van der Waals surface area contributed by atoms with E-state index < -0.39 is 5.97 Å². The van der Waals surface area contributed by atoms with Crippen molar-refractivity contribution in [1.29, 1.82) is 0 Å². The van der Waals surface area contributed by atoms with Crippen LogP contribution in [0, 0.1) is 0 Å². The normalized spacial score (nSPS) is 11.0. The topological polar surface area (TPSA) is 89.3 Å². The van der Waals surface area contributed by atoms with Gasteiger partial charge in [0.05, 0.1) is 0 Å². The van der Waals surface area contributed by atoms with Crippen LogP contribution in [0.2, 0.25) is 0 Å². The molecule has 0 heterocycles. The van der Waals surface area contributed by atoms with Crippen LogP contribution in [0.5, 0.6) is 0 Å². The van der Waals surface area contributed by atoms with Gasteiger partial charge in [0.15, 0.2) is 0 Å². The first-order valence-corrected chi connectivity index (χ1v) is 9.54. The number of carboxylic acids is 1. The SMILES string of the molecule is CC(C)(N)CCN.CCCCCCCCCCCCCC(=O)O. The molecule has 4 heteroatoms. The van der Waals surface area contributed by atoms with Crippen molar-refractivity contribution in [2.45, 2.75) is 110 Å². The number of aliphatic carboxylic acids is 1. The molecule has 0 unspecified atom stereocenters. The number of nitrogens with two attached hydrogens (primary N) is 2. The maximum Gasteiger partial charge on any atom is 0.303 e. The first-order chi connectivity index (χ1) is 10.8. The Morgan fingerprint density at radius 1 is 0.870 bits per heavy atom. The molecule has 5 N–H and O–H groups in total. The second kappa shape index (κ2) is 17.7. The molecule has 0 rings (SSSR count). The quantitative estimate of drug-likeness (QED) is 0.397. The molecule has 0 bridgehead atoms. The summed E-state index contributed by atoms with van der Waals surface area (Å²) in [5.41, 5.74) is 10.7. The van der Waals surface area contributed by atoms with Crippen LogP contribution >= 0.6 is 0 Å². The maximum atomic E-state index is 10.3. The largest absolute Gasteiger partial charge is 0.481 e. The number of rotatable bonds is 14. The Labute approximate surface area is 144 Å². The summed E-state index contributed by atoms with van der Waals surface area (Å²) >= 11 is 0. The predicted octanol–water partition coefficient (Wildman–Crippen LogP) is 4.84. The summed E-state index contributed by atoms with van der Waals surface area (Å²) in [4.78, 5) is 10.3. The van der Waals surface area contributed by atoms with Crippen LogP contribution in [0.3, 0.4) is 0 Å². The fourth-order valence-corrected chi connectivity index (χ4v) is 2.31. The average molecular weight is 331 g/mol. The Kier molecular flexibility index (Phi) is 19.0. The van der Waals surface area contributed by atoms with Crippen molar-refractivity contribution in [3.05, 3.63) is 0 Å². The van der Waals surface area contributed by atoms with Crippen LogP contribution < -0.4 is 11.5 Å². The van der Waals surface area contributed by atoms with E-state index in [2.05, 4.69) is 6.92 Å². The third-order valence-corrected chi connectivity index (χ3v) is 3.78. The third-order valence-electron chi connectivity index (χ3n) is 3.78. The summed E-state index contributed by atoms with van der Waals surface area (Å²) in [6, 6.07) is 0. The van der Waals surface area contributed by atoms with Gasteiger partial charge in [-0.3, -0.25) is 4.79 Å². The van der Waals surface area contributed by atoms with Crippen molar-refractivity contribution >= 4 is 5.97 Å². The van der Waals surface area contributed by atoms with Gasteiger partial charge >= 0.3 is 5.97 Å². The zero-order valence-electron chi connectivity index (χ0n) is 15.9. The van der Waals surface area contributed by atoms with Gasteiger partial charge in [0.1, 0.15) is 0 Å². The van der Waals surface area contributed by atoms with Gasteiger partial charge in [-0.25, -0.2) is 0 Å². The Bertz CT molecular complexity index is 250. The molecule has 0 aromatic carbocycles. The summed E-state index contributed by atoms with van der Waals surface area (Å²) < 4.78 is 0. The van der Waals surface area contributed by atoms with E-state index >= 15 is 0 Å². The number of hydrogen-bond donors (Lipinski definition) is 3. The zero-order chi connectivity index (χ0) is 18.0. The molecule has 0 radical (unpaired) electrons. The van der Waals surface area contributed by atoms with Gasteiger partial charge in [0.2, 0.25) is 0 Å². The van der Waals surface area contributed by atoms with Crippen LogP contribution in [0.25, 0.3) is 0 Å². The lowest BCUT2D eigenvalue weighted by Gasteiger charge is -2.15. The highest BCUT2D eigenvalue weighted by Gasteiger charge is 2.06. The molecule has 0 saturated heterocycles. The van der Waals surface area contributed by atoms with Crippen LogP contribution in [0.4, 0.5) is 0 Å². The van der Waals surface area contributed by atoms with Crippen molar-refractivity contribution in [2.75, 3.05) is 6.54 Å². The van der Waals surface area contributed by atoms with Gasteiger partial charge in [0.25, 0.3) is 0 Å². The van der Waals surface area contributed by atoms with E-state index in [1.807, 2.05) is 13.8 Å². The molecule has 0 aliphatic heterocycles. The molecular weight excluding hydrogens is 288 g/mol. The van der Waals surface area contributed by atoms with Crippen molar-refractivity contribution in [2.24, 2.45) is 11.5 Å². The number of carbonyl (C=O) groups is 1. The van der Waals surface area contributed by atoms with E-state index in [1.54, 1.807) is 0 Å². The van der Waals surface area contributed by atoms with Gasteiger partial charge in [-0.2, -0.15) is 0 Å². The minimum atomic E-state index is -0.657. The first kappa shape index (κ1) is 24.6. The van der Waals surface area contributed by atoms with Crippen LogP contribution in [0.15, 0.2) is 0 Å². The van der Waals surface area contributed by atoms with Crippen molar-refractivity contribution < 1.29 is 9.90 Å². The Morgan fingerprint density at radius 2 is 1.26 bits per heavy atom. The molecule has 0 fully saturated rings. The van der Waals surface area contributed by atoms with E-state index in [-0.39, 0.29) is 5.54 Å². The third kappa shape index (κ3) is 29.9. The maximum absolute atomic E-state index is 10.3. The second-order valence-electron chi connectivity index (χ2n) is 7.21. The number of hydrogen-bond acceptors (Lipinski definition) is 3. The number of carboxylic acid groups (broad SMARTS) is 1. The summed E-state index contributed by atoms with van der Waals surface area (Å²) in [5.74, 6) is -0.657. The molecule has 0 aliphatic carbocycles. The van der Waals surface area contributed by atoms with Gasteiger partial charge in [-0.1, -0.05) is 71.1 Å². The molecule has 0 saturated carbocycles. The van der Waals surface area contributed by atoms with Crippen LogP contribution in [-0.2, 0) is 4.79 Å². The van der Waals surface area contributed by atoms with E-state index in [4.69, 9.17) is 16.6 Å². The van der Waals surface area contributed by atoms with Crippen molar-refractivity contribution in [3.63, 3.8) is 0 Å². The molecule has 0 aromatic heterocycles. The zero-order valence-corrected chi connectivity index (χ0v) is 15.9. The smallest absolute Gasteiger partial charge is 0.303 e. The van der Waals surface area contributed by atoms with Crippen LogP contribution in [-0.4, -0.2) is 23.2 Å². The highest BCUT2D eigenvalue weighted by atomic mass is 16.4. The lowest BCUT2D eigenvalue weighted by Crippen LogP contribution is -2.34. The minimum Gasteiger partial charge on any atom is -0.481 e. The molecule has 0 amide bonds. The molecule has 4 nitrogen and oxygen atoms in total. The second-order valence-corrected chi connectivity index (χ2v) is 7.21. The average Bonchev–Trinajstić information content (AvgIpc) is 2.44. The minimum absolute atomic E-state index is 0.0747. The Hall–Kier alpha value is -0.610. The molecule has 0 atom stereocenters. The molecule has 23 heavy (non-hydrogen) atoms. The molecule has 0 aliphatic rings. The lowest BCUT2D eigenvalue weighted by atomic mass is 10.0. The fraction of sp³-hybridized carbons (Fsp3) is 0.947. The fourth-order valence-electron chi connectivity index (χ4n) is 2.31. The van der Waals surface area contributed by atoms with Gasteiger partial charge in [-0.05, 0) is 33.2 Å². The predicted molar refractivity (Wildman–Crippen MR) is 101 cm³/mol. The highest BCUT2D eigenvalue weighted by Crippen LogP contribution is 2.11. The summed E-state index contributed by atoms with van der Waals surface area (Å²) in [6.45, 7) is 6.88. The monoisotopic (exact) mass is 330 g/mol. The van der Waals surface area contributed by atoms with Crippen molar-refractivity contribution in [1.82, 2.24) is 0 Å². The van der Waals surface area contributed by atoms with Gasteiger partial charge < -0.3 is 16.6 Å². The summed E-state index contributed by atoms with van der Waals surface area (Å²) in [6.07, 6.45) is 15.3. The van der Waals surface area contributed by atoms with Crippen LogP contribution in [0.1, 0.15) is 104 Å². The Balaban J connectivity index is 0. The summed E-state index contributed by atoms with van der Waals surface area (Å²) in [5, 5.41) is 8.46.